The molecule has 2 aromatic carbocycles. The first kappa shape index (κ1) is 20.3. The lowest BCUT2D eigenvalue weighted by atomic mass is 10.1. The molecule has 0 bridgehead atoms. The van der Waals surface area contributed by atoms with Crippen LogP contribution in [0.5, 0.6) is 17.2 Å². The molecule has 0 aliphatic rings. The number of carbonyl (C=O) groups excluding carboxylic acids is 2. The van der Waals surface area contributed by atoms with Gasteiger partial charge in [-0.3, -0.25) is 4.79 Å². The quantitative estimate of drug-likeness (QED) is 0.571. The maximum atomic E-state index is 12.4. The number of amides is 1. The molecule has 0 aromatic heterocycles. The first-order valence-corrected chi connectivity index (χ1v) is 7.98. The highest BCUT2D eigenvalue weighted by molar-refractivity contribution is 6.10. The van der Waals surface area contributed by atoms with E-state index >= 15 is 0 Å². The second-order valence-corrected chi connectivity index (χ2v) is 5.44. The van der Waals surface area contributed by atoms with Crippen LogP contribution in [-0.2, 0) is 4.79 Å². The Labute approximate surface area is 161 Å². The maximum Gasteiger partial charge on any atom is 0.266 e. The van der Waals surface area contributed by atoms with Crippen molar-refractivity contribution < 1.29 is 28.9 Å². The average molecular weight is 381 g/mol. The molecule has 8 heteroatoms. The molecule has 0 fully saturated rings. The van der Waals surface area contributed by atoms with Crippen molar-refractivity contribution in [3.8, 4) is 23.3 Å². The Kier molecular flexibility index (Phi) is 6.60. The summed E-state index contributed by atoms with van der Waals surface area (Å²) in [4.78, 5) is 23.4. The maximum absolute atomic E-state index is 12.4. The molecule has 0 atom stereocenters. The highest BCUT2D eigenvalue weighted by Gasteiger charge is 2.15. The van der Waals surface area contributed by atoms with Gasteiger partial charge in [0, 0.05) is 17.3 Å². The Morgan fingerprint density at radius 1 is 1.04 bits per heavy atom. The molecular formula is C20H17N2O6-. The van der Waals surface area contributed by atoms with E-state index in [9.17, 15) is 20.0 Å². The van der Waals surface area contributed by atoms with Gasteiger partial charge >= 0.3 is 0 Å². The van der Waals surface area contributed by atoms with Crippen molar-refractivity contribution in [1.82, 2.24) is 0 Å². The van der Waals surface area contributed by atoms with Crippen LogP contribution in [-0.4, -0.2) is 33.2 Å². The molecule has 0 spiro atoms. The van der Waals surface area contributed by atoms with Crippen LogP contribution in [0.4, 0.5) is 5.69 Å². The third-order valence-electron chi connectivity index (χ3n) is 3.76. The van der Waals surface area contributed by atoms with Gasteiger partial charge < -0.3 is 29.4 Å². The Bertz CT molecular complexity index is 975. The van der Waals surface area contributed by atoms with Crippen molar-refractivity contribution in [3.63, 3.8) is 0 Å². The zero-order valence-corrected chi connectivity index (χ0v) is 15.4. The Balaban J connectivity index is 2.38. The zero-order chi connectivity index (χ0) is 20.7. The SMILES string of the molecule is COc1cc(OC)c(OC)cc1/C=C(\C#N)C(=O)Nc1cccc(C(=O)[O-])c1. The van der Waals surface area contributed by atoms with Gasteiger partial charge in [-0.05, 0) is 29.8 Å². The van der Waals surface area contributed by atoms with Crippen LogP contribution in [0.2, 0.25) is 0 Å². The summed E-state index contributed by atoms with van der Waals surface area (Å²) in [7, 11) is 4.37. The molecule has 0 radical (unpaired) electrons. The number of nitrogens with one attached hydrogen (secondary N) is 1. The number of aromatic carboxylic acids is 1. The fraction of sp³-hybridized carbons (Fsp3) is 0.150. The van der Waals surface area contributed by atoms with E-state index in [0.717, 1.165) is 0 Å². The van der Waals surface area contributed by atoms with Gasteiger partial charge in [0.05, 0.1) is 27.3 Å². The molecule has 28 heavy (non-hydrogen) atoms. The summed E-state index contributed by atoms with van der Waals surface area (Å²) >= 11 is 0. The minimum absolute atomic E-state index is 0.0955. The van der Waals surface area contributed by atoms with Crippen molar-refractivity contribution >= 4 is 23.6 Å². The van der Waals surface area contributed by atoms with E-state index < -0.39 is 11.9 Å². The Morgan fingerprint density at radius 3 is 2.25 bits per heavy atom. The molecule has 0 aliphatic heterocycles. The van der Waals surface area contributed by atoms with Gasteiger partial charge in [0.1, 0.15) is 17.4 Å². The Hall–Kier alpha value is -3.99. The van der Waals surface area contributed by atoms with Crippen LogP contribution >= 0.6 is 0 Å². The minimum Gasteiger partial charge on any atom is -0.545 e. The topological polar surface area (TPSA) is 121 Å². The number of methoxy groups -OCH3 is 3. The second-order valence-electron chi connectivity index (χ2n) is 5.44. The van der Waals surface area contributed by atoms with Crippen LogP contribution in [0.15, 0.2) is 42.0 Å². The predicted octanol–water partition coefficient (Wildman–Crippen LogP) is 1.62. The third-order valence-corrected chi connectivity index (χ3v) is 3.76. The minimum atomic E-state index is -1.37. The van der Waals surface area contributed by atoms with Crippen LogP contribution in [0.25, 0.3) is 6.08 Å². The van der Waals surface area contributed by atoms with Crippen LogP contribution < -0.4 is 24.6 Å². The van der Waals surface area contributed by atoms with E-state index in [1.807, 2.05) is 6.07 Å². The largest absolute Gasteiger partial charge is 0.545 e. The normalized spacial score (nSPS) is 10.6. The summed E-state index contributed by atoms with van der Waals surface area (Å²) in [6.45, 7) is 0. The molecule has 2 aromatic rings. The molecule has 1 N–H and O–H groups in total. The number of rotatable bonds is 7. The van der Waals surface area contributed by atoms with Gasteiger partial charge in [0.15, 0.2) is 11.5 Å². The first-order chi connectivity index (χ1) is 13.4. The highest BCUT2D eigenvalue weighted by Crippen LogP contribution is 2.35. The van der Waals surface area contributed by atoms with Crippen molar-refractivity contribution in [3.05, 3.63) is 53.1 Å². The highest BCUT2D eigenvalue weighted by atomic mass is 16.5. The molecule has 144 valence electrons. The third kappa shape index (κ3) is 4.59. The number of carboxylic acid groups (broad SMARTS) is 1. The standard InChI is InChI=1S/C20H18N2O6/c1-26-16-10-18(28-3)17(27-2)9-13(16)7-14(11-21)19(23)22-15-6-4-5-12(8-15)20(24)25/h4-10H,1-3H3,(H,22,23)(H,24,25)/p-1/b14-7+. The summed E-state index contributed by atoms with van der Waals surface area (Å²) < 4.78 is 15.7. The monoisotopic (exact) mass is 381 g/mol. The van der Waals surface area contributed by atoms with E-state index in [1.165, 1.54) is 51.7 Å². The summed E-state index contributed by atoms with van der Waals surface area (Å²) in [6.07, 6.45) is 1.33. The lowest BCUT2D eigenvalue weighted by Gasteiger charge is -2.12. The molecule has 0 unspecified atom stereocenters. The fourth-order valence-electron chi connectivity index (χ4n) is 2.39. The van der Waals surface area contributed by atoms with Crippen molar-refractivity contribution in [2.24, 2.45) is 0 Å². The number of nitriles is 1. The number of carboxylic acids is 1. The lowest BCUT2D eigenvalue weighted by Crippen LogP contribution is -2.22. The number of carbonyl (C=O) groups is 2. The lowest BCUT2D eigenvalue weighted by molar-refractivity contribution is -0.255. The van der Waals surface area contributed by atoms with Gasteiger partial charge in [-0.1, -0.05) is 12.1 Å². The van der Waals surface area contributed by atoms with E-state index in [4.69, 9.17) is 14.2 Å². The van der Waals surface area contributed by atoms with E-state index in [1.54, 1.807) is 12.1 Å². The number of benzene rings is 2. The van der Waals surface area contributed by atoms with E-state index in [2.05, 4.69) is 5.32 Å². The molecule has 0 saturated heterocycles. The fourth-order valence-corrected chi connectivity index (χ4v) is 2.39. The molecular weight excluding hydrogens is 364 g/mol. The zero-order valence-electron chi connectivity index (χ0n) is 15.4. The number of ether oxygens (including phenoxy) is 3. The van der Waals surface area contributed by atoms with E-state index in [0.29, 0.717) is 22.8 Å². The van der Waals surface area contributed by atoms with Crippen LogP contribution in [0, 0.1) is 11.3 Å². The summed E-state index contributed by atoms with van der Waals surface area (Å²) in [5, 5.41) is 22.8. The van der Waals surface area contributed by atoms with Gasteiger partial charge in [-0.25, -0.2) is 0 Å². The van der Waals surface area contributed by atoms with Crippen LogP contribution in [0.1, 0.15) is 15.9 Å². The molecule has 1 amide bonds. The predicted molar refractivity (Wildman–Crippen MR) is 99.1 cm³/mol. The summed E-state index contributed by atoms with van der Waals surface area (Å²) in [6, 6.07) is 10.5. The van der Waals surface area contributed by atoms with Gasteiger partial charge in [-0.15, -0.1) is 0 Å². The van der Waals surface area contributed by atoms with Gasteiger partial charge in [-0.2, -0.15) is 5.26 Å². The average Bonchev–Trinajstić information content (AvgIpc) is 2.71. The number of hydrogen-bond acceptors (Lipinski definition) is 7. The van der Waals surface area contributed by atoms with Crippen molar-refractivity contribution in [2.45, 2.75) is 0 Å². The van der Waals surface area contributed by atoms with Crippen LogP contribution in [0.3, 0.4) is 0 Å². The van der Waals surface area contributed by atoms with Gasteiger partial charge in [0.2, 0.25) is 0 Å². The molecule has 0 saturated carbocycles. The summed E-state index contributed by atoms with van der Waals surface area (Å²) in [5.74, 6) is -0.887. The number of hydrogen-bond donors (Lipinski definition) is 1. The Morgan fingerprint density at radius 2 is 1.68 bits per heavy atom. The number of nitrogens with zero attached hydrogens (tertiary/aromatic N) is 1. The smallest absolute Gasteiger partial charge is 0.266 e. The number of anilines is 1. The molecule has 8 nitrogen and oxygen atoms in total. The molecule has 0 aliphatic carbocycles. The second kappa shape index (κ2) is 9.09. The first-order valence-electron chi connectivity index (χ1n) is 7.98. The van der Waals surface area contributed by atoms with Gasteiger partial charge in [0.25, 0.3) is 5.91 Å². The molecule has 0 heterocycles. The van der Waals surface area contributed by atoms with Crippen molar-refractivity contribution in [1.29, 1.82) is 5.26 Å². The van der Waals surface area contributed by atoms with E-state index in [-0.39, 0.29) is 16.8 Å². The summed E-state index contributed by atoms with van der Waals surface area (Å²) in [5.41, 5.74) is 0.327. The molecule has 2 rings (SSSR count). The van der Waals surface area contributed by atoms with Crippen molar-refractivity contribution in [2.75, 3.05) is 26.6 Å².